The highest BCUT2D eigenvalue weighted by atomic mass is 79.9. The van der Waals surface area contributed by atoms with Crippen LogP contribution in [-0.2, 0) is 4.79 Å². The van der Waals surface area contributed by atoms with E-state index in [1.165, 1.54) is 6.07 Å². The zero-order chi connectivity index (χ0) is 15.7. The molecule has 0 bridgehead atoms. The molecule has 22 heavy (non-hydrogen) atoms. The summed E-state index contributed by atoms with van der Waals surface area (Å²) in [5.74, 6) is 0.608. The lowest BCUT2D eigenvalue weighted by molar-refractivity contribution is -0.128. The lowest BCUT2D eigenvalue weighted by Gasteiger charge is -2.21. The molecule has 2 aliphatic rings. The minimum absolute atomic E-state index is 0.0631. The average Bonchev–Trinajstić information content (AvgIpc) is 3.07. The quantitative estimate of drug-likeness (QED) is 0.892. The number of likely N-dealkylation sites (tertiary alicyclic amines) is 2. The third kappa shape index (κ3) is 3.27. The van der Waals surface area contributed by atoms with Gasteiger partial charge in [0.25, 0.3) is 5.91 Å². The van der Waals surface area contributed by atoms with Crippen molar-refractivity contribution in [3.8, 4) is 5.75 Å². The fraction of sp³-hybridized carbons (Fsp3) is 0.500. The molecular weight excluding hydrogens is 348 g/mol. The predicted octanol–water partition coefficient (Wildman–Crippen LogP) is 2.24. The molecule has 1 N–H and O–H groups in total. The molecular formula is C16H19BrN2O3. The van der Waals surface area contributed by atoms with E-state index in [4.69, 9.17) is 0 Å². The number of hydrogen-bond donors (Lipinski definition) is 1. The average molecular weight is 367 g/mol. The van der Waals surface area contributed by atoms with E-state index in [9.17, 15) is 14.7 Å². The molecule has 0 saturated carbocycles. The summed E-state index contributed by atoms with van der Waals surface area (Å²) in [6.45, 7) is 2.99. The zero-order valence-corrected chi connectivity index (χ0v) is 13.9. The monoisotopic (exact) mass is 366 g/mol. The molecule has 2 amide bonds. The summed E-state index contributed by atoms with van der Waals surface area (Å²) < 4.78 is 0.689. The Morgan fingerprint density at radius 2 is 2.14 bits per heavy atom. The van der Waals surface area contributed by atoms with Gasteiger partial charge in [-0.05, 0) is 37.0 Å². The van der Waals surface area contributed by atoms with Crippen molar-refractivity contribution in [3.05, 3.63) is 28.2 Å². The Morgan fingerprint density at radius 1 is 1.32 bits per heavy atom. The molecule has 5 nitrogen and oxygen atoms in total. The highest BCUT2D eigenvalue weighted by Crippen LogP contribution is 2.25. The van der Waals surface area contributed by atoms with E-state index in [1.54, 1.807) is 12.1 Å². The number of aromatic hydroxyl groups is 1. The lowest BCUT2D eigenvalue weighted by atomic mass is 10.1. The lowest BCUT2D eigenvalue weighted by Crippen LogP contribution is -2.33. The van der Waals surface area contributed by atoms with Crippen LogP contribution in [0.25, 0.3) is 0 Å². The molecule has 1 unspecified atom stereocenters. The highest BCUT2D eigenvalue weighted by molar-refractivity contribution is 9.10. The Bertz CT molecular complexity index is 585. The predicted molar refractivity (Wildman–Crippen MR) is 85.6 cm³/mol. The van der Waals surface area contributed by atoms with Crippen LogP contribution in [0.3, 0.4) is 0 Å². The van der Waals surface area contributed by atoms with Crippen LogP contribution < -0.4 is 0 Å². The number of carbonyl (C=O) groups excluding carboxylic acids is 2. The number of halogens is 1. The second-order valence-electron chi connectivity index (χ2n) is 6.05. The molecule has 6 heteroatoms. The van der Waals surface area contributed by atoms with E-state index in [0.717, 1.165) is 25.9 Å². The molecule has 2 saturated heterocycles. The standard InChI is InChI=1S/C16H19BrN2O3/c17-13-6-12(7-14(20)8-13)16(22)19-5-3-11(10-19)9-18-4-1-2-15(18)21/h6-8,11,20H,1-5,9-10H2. The maximum atomic E-state index is 12.5. The van der Waals surface area contributed by atoms with Crippen molar-refractivity contribution in [2.75, 3.05) is 26.2 Å². The van der Waals surface area contributed by atoms with Gasteiger partial charge in [0.05, 0.1) is 0 Å². The van der Waals surface area contributed by atoms with Gasteiger partial charge in [-0.2, -0.15) is 0 Å². The van der Waals surface area contributed by atoms with Crippen molar-refractivity contribution in [3.63, 3.8) is 0 Å². The van der Waals surface area contributed by atoms with Crippen molar-refractivity contribution < 1.29 is 14.7 Å². The second-order valence-corrected chi connectivity index (χ2v) is 6.96. The summed E-state index contributed by atoms with van der Waals surface area (Å²) in [5.41, 5.74) is 0.491. The van der Waals surface area contributed by atoms with Gasteiger partial charge in [0, 0.05) is 42.6 Å². The molecule has 0 aromatic heterocycles. The van der Waals surface area contributed by atoms with E-state index < -0.39 is 0 Å². The Kier molecular flexibility index (Phi) is 4.38. The van der Waals surface area contributed by atoms with Gasteiger partial charge in [-0.3, -0.25) is 9.59 Å². The van der Waals surface area contributed by atoms with Crippen molar-refractivity contribution in [2.45, 2.75) is 19.3 Å². The summed E-state index contributed by atoms with van der Waals surface area (Å²) in [5, 5.41) is 9.61. The zero-order valence-electron chi connectivity index (χ0n) is 12.3. The minimum Gasteiger partial charge on any atom is -0.508 e. The molecule has 2 aliphatic heterocycles. The Balaban J connectivity index is 1.62. The Labute approximate surface area is 138 Å². The van der Waals surface area contributed by atoms with Gasteiger partial charge in [-0.1, -0.05) is 15.9 Å². The Morgan fingerprint density at radius 3 is 2.82 bits per heavy atom. The van der Waals surface area contributed by atoms with Crippen LogP contribution in [0.1, 0.15) is 29.6 Å². The van der Waals surface area contributed by atoms with E-state index in [-0.39, 0.29) is 17.6 Å². The molecule has 1 atom stereocenters. The van der Waals surface area contributed by atoms with Crippen LogP contribution in [0.5, 0.6) is 5.75 Å². The fourth-order valence-corrected chi connectivity index (χ4v) is 3.74. The number of benzene rings is 1. The van der Waals surface area contributed by atoms with Crippen LogP contribution in [0.15, 0.2) is 22.7 Å². The molecule has 2 heterocycles. The SMILES string of the molecule is O=C1CCCN1CC1CCN(C(=O)c2cc(O)cc(Br)c2)C1. The van der Waals surface area contributed by atoms with Gasteiger partial charge in [-0.15, -0.1) is 0 Å². The molecule has 0 aliphatic carbocycles. The van der Waals surface area contributed by atoms with Gasteiger partial charge in [0.2, 0.25) is 5.91 Å². The number of amides is 2. The summed E-state index contributed by atoms with van der Waals surface area (Å²) in [4.78, 5) is 27.9. The largest absolute Gasteiger partial charge is 0.508 e. The van der Waals surface area contributed by atoms with Crippen molar-refractivity contribution >= 4 is 27.7 Å². The van der Waals surface area contributed by atoms with Gasteiger partial charge in [-0.25, -0.2) is 0 Å². The smallest absolute Gasteiger partial charge is 0.254 e. The van der Waals surface area contributed by atoms with E-state index in [1.807, 2.05) is 9.80 Å². The molecule has 118 valence electrons. The number of phenols is 1. The van der Waals surface area contributed by atoms with Gasteiger partial charge in [0.1, 0.15) is 5.75 Å². The minimum atomic E-state index is -0.0631. The fourth-order valence-electron chi connectivity index (χ4n) is 3.26. The molecule has 0 spiro atoms. The number of phenolic OH excluding ortho intramolecular Hbond substituents is 1. The van der Waals surface area contributed by atoms with Gasteiger partial charge in [0.15, 0.2) is 0 Å². The van der Waals surface area contributed by atoms with Gasteiger partial charge >= 0.3 is 0 Å². The van der Waals surface area contributed by atoms with Crippen molar-refractivity contribution in [1.29, 1.82) is 0 Å². The number of nitrogens with zero attached hydrogens (tertiary/aromatic N) is 2. The van der Waals surface area contributed by atoms with Crippen LogP contribution in [0, 0.1) is 5.92 Å². The number of hydrogen-bond acceptors (Lipinski definition) is 3. The second kappa shape index (κ2) is 6.28. The molecule has 2 fully saturated rings. The maximum Gasteiger partial charge on any atom is 0.254 e. The molecule has 3 rings (SSSR count). The molecule has 1 aromatic carbocycles. The van der Waals surface area contributed by atoms with E-state index in [0.29, 0.717) is 35.5 Å². The first-order valence-electron chi connectivity index (χ1n) is 7.59. The van der Waals surface area contributed by atoms with E-state index >= 15 is 0 Å². The van der Waals surface area contributed by atoms with Crippen LogP contribution in [-0.4, -0.2) is 52.9 Å². The summed E-state index contributed by atoms with van der Waals surface area (Å²) in [7, 11) is 0. The topological polar surface area (TPSA) is 60.9 Å². The number of carbonyl (C=O) groups is 2. The third-order valence-electron chi connectivity index (χ3n) is 4.35. The van der Waals surface area contributed by atoms with Crippen LogP contribution in [0.2, 0.25) is 0 Å². The van der Waals surface area contributed by atoms with E-state index in [2.05, 4.69) is 15.9 Å². The summed E-state index contributed by atoms with van der Waals surface area (Å²) in [6, 6.07) is 4.77. The molecule has 0 radical (unpaired) electrons. The first-order chi connectivity index (χ1) is 10.5. The number of rotatable bonds is 3. The normalized spacial score (nSPS) is 21.7. The highest BCUT2D eigenvalue weighted by Gasteiger charge is 2.30. The van der Waals surface area contributed by atoms with Crippen molar-refractivity contribution in [2.24, 2.45) is 5.92 Å². The van der Waals surface area contributed by atoms with Crippen LogP contribution in [0.4, 0.5) is 0 Å². The van der Waals surface area contributed by atoms with Crippen molar-refractivity contribution in [1.82, 2.24) is 9.80 Å². The first kappa shape index (κ1) is 15.3. The summed E-state index contributed by atoms with van der Waals surface area (Å²) in [6.07, 6.45) is 2.54. The first-order valence-corrected chi connectivity index (χ1v) is 8.39. The maximum absolute atomic E-state index is 12.5. The summed E-state index contributed by atoms with van der Waals surface area (Å²) >= 11 is 3.29. The molecule has 1 aromatic rings. The third-order valence-corrected chi connectivity index (χ3v) is 4.81. The van der Waals surface area contributed by atoms with Gasteiger partial charge < -0.3 is 14.9 Å². The Hall–Kier alpha value is -1.56. The van der Waals surface area contributed by atoms with Crippen LogP contribution >= 0.6 is 15.9 Å².